The molecule has 0 fully saturated rings. The Kier molecular flexibility index (Phi) is 9.93. The molecule has 0 aromatic heterocycles. The average Bonchev–Trinajstić information content (AvgIpc) is 2.67. The third-order valence-corrected chi connectivity index (χ3v) is 9.24. The Labute approximate surface area is 201 Å². The molecule has 0 bridgehead atoms. The van der Waals surface area contributed by atoms with Crippen molar-refractivity contribution in [3.05, 3.63) is 42.1 Å². The monoisotopic (exact) mass is 476 g/mol. The first-order chi connectivity index (χ1) is 15.0. The standard InChI is InChI=1S/C26H44N2O4Si/c1-19(33(10,11)20-15-13-12-14-16-20)21(17-18-31-25(2,3)4)22(23(29)28(8)9)27-24(30)32-26(5,6)7/h12-16,21-22H,1,17-18H2,2-11H3,(H,27,30)/t21-,22-/m0/s1. The van der Waals surface area contributed by atoms with E-state index in [-0.39, 0.29) is 17.4 Å². The van der Waals surface area contributed by atoms with Crippen LogP contribution in [0.25, 0.3) is 0 Å². The molecule has 0 spiro atoms. The van der Waals surface area contributed by atoms with Crippen LogP contribution in [0.2, 0.25) is 13.1 Å². The van der Waals surface area contributed by atoms with E-state index >= 15 is 0 Å². The zero-order valence-electron chi connectivity index (χ0n) is 22.2. The van der Waals surface area contributed by atoms with Crippen molar-refractivity contribution in [3.8, 4) is 0 Å². The summed E-state index contributed by atoms with van der Waals surface area (Å²) in [7, 11) is 1.19. The first-order valence-electron chi connectivity index (χ1n) is 11.5. The molecule has 1 rings (SSSR count). The minimum atomic E-state index is -2.20. The summed E-state index contributed by atoms with van der Waals surface area (Å²) in [4.78, 5) is 27.5. The Hall–Kier alpha value is -2.12. The van der Waals surface area contributed by atoms with Crippen molar-refractivity contribution in [2.75, 3.05) is 20.7 Å². The Bertz CT molecular complexity index is 808. The summed E-state index contributed by atoms with van der Waals surface area (Å²) < 4.78 is 11.5. The fourth-order valence-corrected chi connectivity index (χ4v) is 6.22. The second-order valence-electron chi connectivity index (χ2n) is 11.2. The van der Waals surface area contributed by atoms with Gasteiger partial charge in [0.1, 0.15) is 19.7 Å². The van der Waals surface area contributed by atoms with Crippen molar-refractivity contribution in [1.29, 1.82) is 0 Å². The maximum Gasteiger partial charge on any atom is 0.408 e. The lowest BCUT2D eigenvalue weighted by atomic mass is 9.94. The highest BCUT2D eigenvalue weighted by molar-refractivity contribution is 6.95. The van der Waals surface area contributed by atoms with E-state index in [1.54, 1.807) is 34.9 Å². The summed E-state index contributed by atoms with van der Waals surface area (Å²) >= 11 is 0. The van der Waals surface area contributed by atoms with Crippen molar-refractivity contribution < 1.29 is 19.1 Å². The van der Waals surface area contributed by atoms with Crippen LogP contribution in [0.15, 0.2) is 42.1 Å². The van der Waals surface area contributed by atoms with Gasteiger partial charge in [0, 0.05) is 26.6 Å². The SMILES string of the molecule is C=C([C@H](CCOC(C)(C)C)[C@H](NC(=O)OC(C)(C)C)C(=O)N(C)C)[Si](C)(C)c1ccccc1. The normalized spacial score (nSPS) is 14.2. The maximum absolute atomic E-state index is 13.3. The average molecular weight is 477 g/mol. The van der Waals surface area contributed by atoms with E-state index in [2.05, 4.69) is 37.1 Å². The minimum absolute atomic E-state index is 0.194. The van der Waals surface area contributed by atoms with Gasteiger partial charge in [0.2, 0.25) is 5.91 Å². The Morgan fingerprint density at radius 2 is 1.58 bits per heavy atom. The third kappa shape index (κ3) is 9.33. The lowest BCUT2D eigenvalue weighted by Crippen LogP contribution is -2.56. The quantitative estimate of drug-likeness (QED) is 0.533. The van der Waals surface area contributed by atoms with Gasteiger partial charge in [0.15, 0.2) is 0 Å². The molecule has 0 radical (unpaired) electrons. The van der Waals surface area contributed by atoms with Crippen molar-refractivity contribution in [2.45, 2.75) is 78.3 Å². The van der Waals surface area contributed by atoms with Crippen LogP contribution in [-0.4, -0.2) is 62.9 Å². The molecule has 0 unspecified atom stereocenters. The van der Waals surface area contributed by atoms with Crippen LogP contribution in [0.5, 0.6) is 0 Å². The molecular formula is C26H44N2O4Si. The molecule has 0 saturated heterocycles. The number of likely N-dealkylation sites (N-methyl/N-ethyl adjacent to an activating group) is 1. The van der Waals surface area contributed by atoms with Gasteiger partial charge in [-0.15, -0.1) is 6.58 Å². The van der Waals surface area contributed by atoms with Gasteiger partial charge in [-0.25, -0.2) is 4.79 Å². The molecule has 1 N–H and O–H groups in total. The molecule has 33 heavy (non-hydrogen) atoms. The molecule has 1 aromatic carbocycles. The van der Waals surface area contributed by atoms with Crippen molar-refractivity contribution in [1.82, 2.24) is 10.2 Å². The number of rotatable bonds is 9. The molecule has 6 nitrogen and oxygen atoms in total. The predicted octanol–water partition coefficient (Wildman–Crippen LogP) is 4.50. The zero-order valence-corrected chi connectivity index (χ0v) is 23.2. The largest absolute Gasteiger partial charge is 0.444 e. The highest BCUT2D eigenvalue weighted by Crippen LogP contribution is 2.29. The van der Waals surface area contributed by atoms with E-state index in [1.165, 1.54) is 10.1 Å². The fraction of sp³-hybridized carbons (Fsp3) is 0.615. The van der Waals surface area contributed by atoms with Crippen LogP contribution in [0, 0.1) is 5.92 Å². The molecule has 0 saturated carbocycles. The lowest BCUT2D eigenvalue weighted by molar-refractivity contribution is -0.132. The van der Waals surface area contributed by atoms with E-state index in [1.807, 2.05) is 39.0 Å². The number of hydrogen-bond donors (Lipinski definition) is 1. The summed E-state index contributed by atoms with van der Waals surface area (Å²) in [5.41, 5.74) is -0.979. The van der Waals surface area contributed by atoms with Crippen LogP contribution >= 0.6 is 0 Å². The number of ether oxygens (including phenoxy) is 2. The predicted molar refractivity (Wildman–Crippen MR) is 138 cm³/mol. The molecule has 7 heteroatoms. The molecule has 0 aliphatic rings. The molecule has 186 valence electrons. The number of nitrogens with zero attached hydrogens (tertiary/aromatic N) is 1. The second-order valence-corrected chi connectivity index (χ2v) is 15.7. The Morgan fingerprint density at radius 1 is 1.03 bits per heavy atom. The summed E-state index contributed by atoms with van der Waals surface area (Å²) in [5.74, 6) is -0.503. The third-order valence-electron chi connectivity index (χ3n) is 5.49. The van der Waals surface area contributed by atoms with Crippen LogP contribution in [0.1, 0.15) is 48.0 Å². The van der Waals surface area contributed by atoms with Crippen LogP contribution in [-0.2, 0) is 14.3 Å². The summed E-state index contributed by atoms with van der Waals surface area (Å²) in [6.45, 7) is 20.8. The van der Waals surface area contributed by atoms with Gasteiger partial charge in [0.05, 0.1) is 5.60 Å². The van der Waals surface area contributed by atoms with Crippen LogP contribution in [0.3, 0.4) is 0 Å². The maximum atomic E-state index is 13.3. The van der Waals surface area contributed by atoms with E-state index in [9.17, 15) is 9.59 Å². The highest BCUT2D eigenvalue weighted by Gasteiger charge is 2.40. The number of alkyl carbamates (subject to hydrolysis) is 1. The number of nitrogens with one attached hydrogen (secondary N) is 1. The topological polar surface area (TPSA) is 67.9 Å². The number of amides is 2. The van der Waals surface area contributed by atoms with Gasteiger partial charge in [-0.2, -0.15) is 0 Å². The molecule has 2 atom stereocenters. The van der Waals surface area contributed by atoms with Crippen molar-refractivity contribution >= 4 is 25.3 Å². The second kappa shape index (κ2) is 11.3. The van der Waals surface area contributed by atoms with E-state index < -0.39 is 25.8 Å². The van der Waals surface area contributed by atoms with Gasteiger partial charge >= 0.3 is 6.09 Å². The van der Waals surface area contributed by atoms with E-state index in [0.717, 1.165) is 5.20 Å². The van der Waals surface area contributed by atoms with Gasteiger partial charge in [0.25, 0.3) is 0 Å². The van der Waals surface area contributed by atoms with Gasteiger partial charge < -0.3 is 19.7 Å². The van der Waals surface area contributed by atoms with Gasteiger partial charge in [-0.05, 0) is 48.0 Å². The van der Waals surface area contributed by atoms with Gasteiger partial charge in [-0.1, -0.05) is 53.8 Å². The van der Waals surface area contributed by atoms with Gasteiger partial charge in [-0.3, -0.25) is 4.79 Å². The van der Waals surface area contributed by atoms with Crippen LogP contribution < -0.4 is 10.5 Å². The lowest BCUT2D eigenvalue weighted by Gasteiger charge is -2.37. The van der Waals surface area contributed by atoms with Crippen molar-refractivity contribution in [2.24, 2.45) is 5.92 Å². The number of carbonyl (C=O) groups excluding carboxylic acids is 2. The molecular weight excluding hydrogens is 432 g/mol. The van der Waals surface area contributed by atoms with Crippen molar-refractivity contribution in [3.63, 3.8) is 0 Å². The number of benzene rings is 1. The number of carbonyl (C=O) groups is 2. The smallest absolute Gasteiger partial charge is 0.408 e. The van der Waals surface area contributed by atoms with E-state index in [4.69, 9.17) is 9.47 Å². The zero-order chi connectivity index (χ0) is 25.6. The van der Waals surface area contributed by atoms with Crippen LogP contribution in [0.4, 0.5) is 4.79 Å². The fourth-order valence-electron chi connectivity index (χ4n) is 3.58. The summed E-state index contributed by atoms with van der Waals surface area (Å²) in [6, 6.07) is 9.47. The molecule has 1 aromatic rings. The van der Waals surface area contributed by atoms with E-state index in [0.29, 0.717) is 13.0 Å². The minimum Gasteiger partial charge on any atom is -0.444 e. The molecule has 0 aliphatic carbocycles. The Balaban J connectivity index is 3.38. The number of hydrogen-bond acceptors (Lipinski definition) is 4. The first-order valence-corrected chi connectivity index (χ1v) is 14.5. The molecule has 0 heterocycles. The molecule has 2 amide bonds. The first kappa shape index (κ1) is 28.9. The summed E-state index contributed by atoms with van der Waals surface area (Å²) in [5, 5.41) is 5.08. The Morgan fingerprint density at radius 3 is 2.03 bits per heavy atom. The molecule has 0 aliphatic heterocycles. The highest BCUT2D eigenvalue weighted by atomic mass is 28.3. The summed E-state index contributed by atoms with van der Waals surface area (Å²) in [6.07, 6.45) is -0.0595.